The summed E-state index contributed by atoms with van der Waals surface area (Å²) in [6.07, 6.45) is -0.758. The van der Waals surface area contributed by atoms with Crippen LogP contribution in [0.1, 0.15) is 12.5 Å². The topological polar surface area (TPSA) is 78.9 Å². The largest absolute Gasteiger partial charge is 0.481 e. The molecule has 0 fully saturated rings. The highest BCUT2D eigenvalue weighted by Gasteiger charge is 2.22. The first kappa shape index (κ1) is 21.7. The number of carbonyl (C=O) groups excluding carboxylic acids is 1. The van der Waals surface area contributed by atoms with E-state index in [0.717, 1.165) is 9.87 Å². The summed E-state index contributed by atoms with van der Waals surface area (Å²) in [6, 6.07) is 12.0. The van der Waals surface area contributed by atoms with Crippen molar-refractivity contribution in [2.24, 2.45) is 0 Å². The number of anilines is 2. The molecule has 2 aromatic carbocycles. The maximum absolute atomic E-state index is 12.6. The zero-order valence-electron chi connectivity index (χ0n) is 17.1. The number of amides is 1. The van der Waals surface area contributed by atoms with Gasteiger partial charge in [0.1, 0.15) is 5.75 Å². The Bertz CT molecular complexity index is 938. The Morgan fingerprint density at radius 2 is 1.64 bits per heavy atom. The molecule has 0 radical (unpaired) electrons. The Labute approximate surface area is 167 Å². The van der Waals surface area contributed by atoms with Crippen LogP contribution in [0.5, 0.6) is 5.75 Å². The molecule has 0 spiro atoms. The average Bonchev–Trinajstić information content (AvgIpc) is 2.63. The highest BCUT2D eigenvalue weighted by molar-refractivity contribution is 7.89. The van der Waals surface area contributed by atoms with Crippen LogP contribution < -0.4 is 15.0 Å². The van der Waals surface area contributed by atoms with Gasteiger partial charge in [0.05, 0.1) is 16.3 Å². The van der Waals surface area contributed by atoms with Gasteiger partial charge in [-0.1, -0.05) is 17.7 Å². The first-order valence-corrected chi connectivity index (χ1v) is 10.2. The van der Waals surface area contributed by atoms with E-state index in [4.69, 9.17) is 4.74 Å². The van der Waals surface area contributed by atoms with Gasteiger partial charge in [-0.05, 0) is 44.2 Å². The molecule has 0 aliphatic rings. The SMILES string of the molecule is Cc1ccc(O[C@H](C)C(=O)Nc2cc(S(=O)(=O)N(C)C)ccc2N(C)C)cc1. The lowest BCUT2D eigenvalue weighted by atomic mass is 10.2. The van der Waals surface area contributed by atoms with Crippen LogP contribution in [0.25, 0.3) is 0 Å². The fraction of sp³-hybridized carbons (Fsp3) is 0.350. The highest BCUT2D eigenvalue weighted by Crippen LogP contribution is 2.29. The van der Waals surface area contributed by atoms with Crippen molar-refractivity contribution in [1.29, 1.82) is 0 Å². The molecule has 152 valence electrons. The highest BCUT2D eigenvalue weighted by atomic mass is 32.2. The van der Waals surface area contributed by atoms with Crippen molar-refractivity contribution in [3.8, 4) is 5.75 Å². The van der Waals surface area contributed by atoms with E-state index >= 15 is 0 Å². The van der Waals surface area contributed by atoms with Crippen molar-refractivity contribution in [2.45, 2.75) is 24.8 Å². The van der Waals surface area contributed by atoms with E-state index in [9.17, 15) is 13.2 Å². The zero-order chi connectivity index (χ0) is 21.1. The van der Waals surface area contributed by atoms with Crippen LogP contribution in [0.15, 0.2) is 47.4 Å². The van der Waals surface area contributed by atoms with Gasteiger partial charge in [-0.25, -0.2) is 12.7 Å². The molecule has 0 bridgehead atoms. The minimum atomic E-state index is -3.62. The zero-order valence-corrected chi connectivity index (χ0v) is 17.9. The second kappa shape index (κ2) is 8.62. The van der Waals surface area contributed by atoms with Gasteiger partial charge in [0.25, 0.3) is 5.91 Å². The summed E-state index contributed by atoms with van der Waals surface area (Å²) in [5.41, 5.74) is 2.19. The number of nitrogens with one attached hydrogen (secondary N) is 1. The molecule has 1 N–H and O–H groups in total. The van der Waals surface area contributed by atoms with Crippen molar-refractivity contribution >= 4 is 27.3 Å². The lowest BCUT2D eigenvalue weighted by Crippen LogP contribution is -2.31. The molecule has 1 amide bonds. The quantitative estimate of drug-likeness (QED) is 0.766. The number of carbonyl (C=O) groups is 1. The summed E-state index contributed by atoms with van der Waals surface area (Å²) in [5.74, 6) is 0.216. The van der Waals surface area contributed by atoms with Gasteiger partial charge < -0.3 is 15.0 Å². The maximum Gasteiger partial charge on any atom is 0.265 e. The molecule has 8 heteroatoms. The van der Waals surface area contributed by atoms with Crippen molar-refractivity contribution in [2.75, 3.05) is 38.4 Å². The molecule has 1 atom stereocenters. The third-order valence-corrected chi connectivity index (χ3v) is 6.00. The van der Waals surface area contributed by atoms with Crippen LogP contribution in [0.3, 0.4) is 0 Å². The molecule has 0 aliphatic carbocycles. The van der Waals surface area contributed by atoms with Crippen molar-refractivity contribution in [3.05, 3.63) is 48.0 Å². The van der Waals surface area contributed by atoms with Gasteiger partial charge in [-0.3, -0.25) is 4.79 Å². The van der Waals surface area contributed by atoms with E-state index in [2.05, 4.69) is 5.32 Å². The van der Waals surface area contributed by atoms with E-state index < -0.39 is 16.1 Å². The maximum atomic E-state index is 12.6. The third-order valence-electron chi connectivity index (χ3n) is 4.19. The van der Waals surface area contributed by atoms with E-state index in [1.807, 2.05) is 33.2 Å². The summed E-state index contributed by atoms with van der Waals surface area (Å²) < 4.78 is 31.7. The Morgan fingerprint density at radius 1 is 1.04 bits per heavy atom. The normalized spacial score (nSPS) is 12.5. The van der Waals surface area contributed by atoms with Crippen LogP contribution >= 0.6 is 0 Å². The third kappa shape index (κ3) is 5.02. The first-order chi connectivity index (χ1) is 13.0. The van der Waals surface area contributed by atoms with E-state index in [1.54, 1.807) is 30.0 Å². The number of rotatable bonds is 7. The van der Waals surface area contributed by atoms with Crippen LogP contribution in [0.2, 0.25) is 0 Å². The summed E-state index contributed by atoms with van der Waals surface area (Å²) in [6.45, 7) is 3.61. The summed E-state index contributed by atoms with van der Waals surface area (Å²) in [7, 11) is 2.94. The van der Waals surface area contributed by atoms with Gasteiger partial charge in [0, 0.05) is 28.2 Å². The summed E-state index contributed by atoms with van der Waals surface area (Å²) in [5, 5.41) is 2.79. The van der Waals surface area contributed by atoms with E-state index in [0.29, 0.717) is 17.1 Å². The molecule has 0 heterocycles. The molecule has 0 aliphatic heterocycles. The lowest BCUT2D eigenvalue weighted by molar-refractivity contribution is -0.122. The predicted octanol–water partition coefficient (Wildman–Crippen LogP) is 2.72. The minimum Gasteiger partial charge on any atom is -0.481 e. The summed E-state index contributed by atoms with van der Waals surface area (Å²) in [4.78, 5) is 14.5. The lowest BCUT2D eigenvalue weighted by Gasteiger charge is -2.21. The monoisotopic (exact) mass is 405 g/mol. The Hall–Kier alpha value is -2.58. The van der Waals surface area contributed by atoms with Gasteiger partial charge in [-0.2, -0.15) is 0 Å². The van der Waals surface area contributed by atoms with Gasteiger partial charge in [0.15, 0.2) is 6.10 Å². The Kier molecular flexibility index (Phi) is 6.69. The van der Waals surface area contributed by atoms with E-state index in [-0.39, 0.29) is 10.8 Å². The molecule has 0 unspecified atom stereocenters. The van der Waals surface area contributed by atoms with Gasteiger partial charge in [0.2, 0.25) is 10.0 Å². The van der Waals surface area contributed by atoms with E-state index in [1.165, 1.54) is 26.2 Å². The number of ether oxygens (including phenoxy) is 1. The molecule has 28 heavy (non-hydrogen) atoms. The standard InChI is InChI=1S/C20H27N3O4S/c1-14-7-9-16(10-8-14)27-15(2)20(24)21-18-13-17(28(25,26)23(5)6)11-12-19(18)22(3)4/h7-13,15H,1-6H3,(H,21,24)/t15-/m1/s1. The number of aryl methyl sites for hydroxylation is 1. The van der Waals surface area contributed by atoms with Crippen molar-refractivity contribution < 1.29 is 17.9 Å². The van der Waals surface area contributed by atoms with Crippen LogP contribution in [0, 0.1) is 6.92 Å². The second-order valence-corrected chi connectivity index (χ2v) is 9.08. The van der Waals surface area contributed by atoms with Crippen LogP contribution in [0.4, 0.5) is 11.4 Å². The molecule has 0 saturated carbocycles. The summed E-state index contributed by atoms with van der Waals surface area (Å²) >= 11 is 0. The van der Waals surface area contributed by atoms with Crippen LogP contribution in [-0.4, -0.2) is 52.9 Å². The molecule has 7 nitrogen and oxygen atoms in total. The van der Waals surface area contributed by atoms with Gasteiger partial charge >= 0.3 is 0 Å². The number of sulfonamides is 1. The number of hydrogen-bond acceptors (Lipinski definition) is 5. The number of benzene rings is 2. The second-order valence-electron chi connectivity index (χ2n) is 6.92. The van der Waals surface area contributed by atoms with Crippen LogP contribution in [-0.2, 0) is 14.8 Å². The average molecular weight is 406 g/mol. The Balaban J connectivity index is 2.27. The molecule has 0 aromatic heterocycles. The van der Waals surface area contributed by atoms with Crippen molar-refractivity contribution in [1.82, 2.24) is 4.31 Å². The fourth-order valence-electron chi connectivity index (χ4n) is 2.49. The molecular formula is C20H27N3O4S. The molecule has 0 saturated heterocycles. The fourth-order valence-corrected chi connectivity index (χ4v) is 3.41. The van der Waals surface area contributed by atoms with Gasteiger partial charge in [-0.15, -0.1) is 0 Å². The minimum absolute atomic E-state index is 0.102. The molecule has 2 aromatic rings. The number of nitrogens with zero attached hydrogens (tertiary/aromatic N) is 2. The predicted molar refractivity (Wildman–Crippen MR) is 112 cm³/mol. The molecule has 2 rings (SSSR count). The number of hydrogen-bond donors (Lipinski definition) is 1. The van der Waals surface area contributed by atoms with Crippen molar-refractivity contribution in [3.63, 3.8) is 0 Å². The Morgan fingerprint density at radius 3 is 2.18 bits per heavy atom. The molecular weight excluding hydrogens is 378 g/mol. The smallest absolute Gasteiger partial charge is 0.265 e. The first-order valence-electron chi connectivity index (χ1n) is 8.80.